The van der Waals surface area contributed by atoms with Crippen LogP contribution in [0.25, 0.3) is 0 Å². The summed E-state index contributed by atoms with van der Waals surface area (Å²) in [6.45, 7) is 5.76. The molecule has 4 atom stereocenters. The third-order valence-corrected chi connectivity index (χ3v) is 6.02. The van der Waals surface area contributed by atoms with Crippen molar-refractivity contribution in [2.45, 2.75) is 45.4 Å². The summed E-state index contributed by atoms with van der Waals surface area (Å²) >= 11 is 0. The summed E-state index contributed by atoms with van der Waals surface area (Å²) in [6.07, 6.45) is 5.34. The Morgan fingerprint density at radius 2 is 1.77 bits per heavy atom. The van der Waals surface area contributed by atoms with E-state index in [1.165, 1.54) is 0 Å². The molecule has 0 saturated heterocycles. The van der Waals surface area contributed by atoms with Crippen molar-refractivity contribution in [2.75, 3.05) is 13.2 Å². The van der Waals surface area contributed by atoms with Crippen LogP contribution in [-0.2, 0) is 14.3 Å². The largest absolute Gasteiger partial charge is 0.481 e. The Labute approximate surface area is 130 Å². The lowest BCUT2D eigenvalue weighted by Crippen LogP contribution is -2.64. The average molecular weight is 308 g/mol. The van der Waals surface area contributed by atoms with Gasteiger partial charge >= 0.3 is 11.9 Å². The highest BCUT2D eigenvalue weighted by molar-refractivity contribution is 5.81. The van der Waals surface area contributed by atoms with Gasteiger partial charge in [0.2, 0.25) is 0 Å². The van der Waals surface area contributed by atoms with E-state index in [4.69, 9.17) is 4.74 Å². The maximum absolute atomic E-state index is 12.0. The van der Waals surface area contributed by atoms with Gasteiger partial charge in [-0.1, -0.05) is 13.5 Å². The van der Waals surface area contributed by atoms with E-state index >= 15 is 0 Å². The van der Waals surface area contributed by atoms with Gasteiger partial charge < -0.3 is 14.9 Å². The topological polar surface area (TPSA) is 83.8 Å². The molecule has 0 aromatic carbocycles. The molecule has 122 valence electrons. The standard InChI is InChI=1S/C17H24O5/c1-3-12(19)22-11-16-5-14(2)4-15(7-16,10-18)8-17(6-14,9-16)13(20)21/h3,18H,1,4-11H2,2H3,(H,20,21). The average Bonchev–Trinajstić information content (AvgIpc) is 2.42. The summed E-state index contributed by atoms with van der Waals surface area (Å²) in [7, 11) is 0. The van der Waals surface area contributed by atoms with Crippen molar-refractivity contribution >= 4 is 11.9 Å². The number of hydrogen-bond acceptors (Lipinski definition) is 4. The molecular weight excluding hydrogens is 284 g/mol. The van der Waals surface area contributed by atoms with E-state index in [1.807, 2.05) is 0 Å². The summed E-state index contributed by atoms with van der Waals surface area (Å²) < 4.78 is 5.30. The van der Waals surface area contributed by atoms with Crippen LogP contribution in [0.15, 0.2) is 12.7 Å². The van der Waals surface area contributed by atoms with Gasteiger partial charge in [0.1, 0.15) is 0 Å². The minimum absolute atomic E-state index is 0.00871. The van der Waals surface area contributed by atoms with Crippen molar-refractivity contribution in [1.29, 1.82) is 0 Å². The lowest BCUT2D eigenvalue weighted by Gasteiger charge is -2.68. The van der Waals surface area contributed by atoms with Crippen LogP contribution in [-0.4, -0.2) is 35.4 Å². The molecule has 5 heteroatoms. The first-order chi connectivity index (χ1) is 10.2. The highest BCUT2D eigenvalue weighted by Crippen LogP contribution is 2.73. The van der Waals surface area contributed by atoms with E-state index in [-0.39, 0.29) is 29.5 Å². The van der Waals surface area contributed by atoms with Crippen molar-refractivity contribution in [1.82, 2.24) is 0 Å². The molecule has 22 heavy (non-hydrogen) atoms. The maximum atomic E-state index is 12.0. The fourth-order valence-corrected chi connectivity index (χ4v) is 6.44. The first-order valence-corrected chi connectivity index (χ1v) is 7.84. The second-order valence-electron chi connectivity index (χ2n) is 8.43. The van der Waals surface area contributed by atoms with Crippen LogP contribution in [0.3, 0.4) is 0 Å². The highest BCUT2D eigenvalue weighted by Gasteiger charge is 2.69. The number of hydrogen-bond donors (Lipinski definition) is 2. The number of carboxylic acids is 1. The van der Waals surface area contributed by atoms with Crippen molar-refractivity contribution in [3.8, 4) is 0 Å². The normalized spacial score (nSPS) is 45.5. The lowest BCUT2D eigenvalue weighted by molar-refractivity contribution is -0.227. The van der Waals surface area contributed by atoms with E-state index in [0.717, 1.165) is 25.3 Å². The van der Waals surface area contributed by atoms with E-state index < -0.39 is 17.4 Å². The molecule has 0 aromatic heterocycles. The molecule has 0 radical (unpaired) electrons. The Morgan fingerprint density at radius 1 is 1.14 bits per heavy atom. The van der Waals surface area contributed by atoms with Gasteiger partial charge in [-0.25, -0.2) is 4.79 Å². The number of carbonyl (C=O) groups is 2. The molecule has 4 unspecified atom stereocenters. The van der Waals surface area contributed by atoms with Gasteiger partial charge in [-0.05, 0) is 49.4 Å². The van der Waals surface area contributed by atoms with Crippen LogP contribution in [0.2, 0.25) is 0 Å². The van der Waals surface area contributed by atoms with E-state index in [0.29, 0.717) is 19.3 Å². The molecule has 4 aliphatic carbocycles. The number of esters is 1. The van der Waals surface area contributed by atoms with Gasteiger partial charge in [-0.15, -0.1) is 0 Å². The minimum Gasteiger partial charge on any atom is -0.481 e. The zero-order valence-corrected chi connectivity index (χ0v) is 13.1. The SMILES string of the molecule is C=CC(=O)OCC12CC3(C)CC(CO)(C1)CC(C(=O)O)(C3)C2. The molecule has 4 rings (SSSR count). The Bertz CT molecular complexity index is 543. The fraction of sp³-hybridized carbons (Fsp3) is 0.765. The Morgan fingerprint density at radius 3 is 2.36 bits per heavy atom. The monoisotopic (exact) mass is 308 g/mol. The number of carboxylic acid groups (broad SMARTS) is 1. The number of aliphatic hydroxyl groups excluding tert-OH is 1. The number of aliphatic carboxylic acids is 1. The molecule has 0 aromatic rings. The van der Waals surface area contributed by atoms with Crippen LogP contribution in [0, 0.1) is 21.7 Å². The number of carbonyl (C=O) groups excluding carboxylic acids is 1. The minimum atomic E-state index is -0.785. The molecule has 2 N–H and O–H groups in total. The highest BCUT2D eigenvalue weighted by atomic mass is 16.5. The molecule has 5 nitrogen and oxygen atoms in total. The summed E-state index contributed by atoms with van der Waals surface area (Å²) in [6, 6.07) is 0. The zero-order valence-electron chi connectivity index (χ0n) is 13.1. The van der Waals surface area contributed by atoms with Gasteiger partial charge in [0, 0.05) is 18.1 Å². The summed E-state index contributed by atoms with van der Waals surface area (Å²) in [5.74, 6) is -1.24. The Kier molecular flexibility index (Phi) is 3.23. The molecule has 4 saturated carbocycles. The van der Waals surface area contributed by atoms with Crippen molar-refractivity contribution in [3.63, 3.8) is 0 Å². The predicted octanol–water partition coefficient (Wildman–Crippen LogP) is 2.14. The number of ether oxygens (including phenoxy) is 1. The van der Waals surface area contributed by atoms with Gasteiger partial charge in [-0.3, -0.25) is 4.79 Å². The van der Waals surface area contributed by atoms with Gasteiger partial charge in [0.15, 0.2) is 0 Å². The molecule has 0 amide bonds. The Hall–Kier alpha value is -1.36. The predicted molar refractivity (Wildman–Crippen MR) is 79.0 cm³/mol. The number of rotatable bonds is 5. The van der Waals surface area contributed by atoms with Gasteiger partial charge in [-0.2, -0.15) is 0 Å². The van der Waals surface area contributed by atoms with E-state index in [9.17, 15) is 19.8 Å². The molecule has 4 bridgehead atoms. The van der Waals surface area contributed by atoms with Crippen molar-refractivity contribution in [2.24, 2.45) is 21.7 Å². The molecule has 0 spiro atoms. The van der Waals surface area contributed by atoms with E-state index in [2.05, 4.69) is 13.5 Å². The molecule has 0 aliphatic heterocycles. The first-order valence-electron chi connectivity index (χ1n) is 7.84. The first kappa shape index (κ1) is 15.5. The second-order valence-corrected chi connectivity index (χ2v) is 8.43. The fourth-order valence-electron chi connectivity index (χ4n) is 6.44. The van der Waals surface area contributed by atoms with Crippen LogP contribution in [0.5, 0.6) is 0 Å². The maximum Gasteiger partial charge on any atom is 0.330 e. The molecule has 4 fully saturated rings. The third kappa shape index (κ3) is 2.18. The lowest BCUT2D eigenvalue weighted by atomic mass is 9.36. The van der Waals surface area contributed by atoms with Gasteiger partial charge in [0.05, 0.1) is 12.0 Å². The number of aliphatic hydroxyl groups is 1. The molecule has 0 heterocycles. The summed E-state index contributed by atoms with van der Waals surface area (Å²) in [4.78, 5) is 23.4. The van der Waals surface area contributed by atoms with Crippen LogP contribution in [0.1, 0.15) is 45.4 Å². The summed E-state index contributed by atoms with van der Waals surface area (Å²) in [5.41, 5.74) is -1.56. The Balaban J connectivity index is 1.97. The zero-order chi connectivity index (χ0) is 16.2. The van der Waals surface area contributed by atoms with Crippen LogP contribution < -0.4 is 0 Å². The second kappa shape index (κ2) is 4.57. The molecular formula is C17H24O5. The van der Waals surface area contributed by atoms with Crippen molar-refractivity contribution < 1.29 is 24.5 Å². The molecule has 4 aliphatic rings. The quantitative estimate of drug-likeness (QED) is 0.600. The van der Waals surface area contributed by atoms with Crippen LogP contribution in [0.4, 0.5) is 0 Å². The third-order valence-electron chi connectivity index (χ3n) is 6.02. The van der Waals surface area contributed by atoms with Gasteiger partial charge in [0.25, 0.3) is 0 Å². The smallest absolute Gasteiger partial charge is 0.330 e. The summed E-state index contributed by atoms with van der Waals surface area (Å²) in [5, 5.41) is 19.8. The van der Waals surface area contributed by atoms with E-state index in [1.54, 1.807) is 0 Å². The van der Waals surface area contributed by atoms with Crippen molar-refractivity contribution in [3.05, 3.63) is 12.7 Å². The van der Waals surface area contributed by atoms with Crippen LogP contribution >= 0.6 is 0 Å².